The lowest BCUT2D eigenvalue weighted by molar-refractivity contribution is 0.0339. The molecule has 20 heavy (non-hydrogen) atoms. The van der Waals surface area contributed by atoms with Crippen molar-refractivity contribution in [3.63, 3.8) is 0 Å². The molecule has 1 aromatic heterocycles. The van der Waals surface area contributed by atoms with E-state index >= 15 is 0 Å². The molecular formula is C14H21N3O3. The number of carbonyl (C=O) groups is 1. The standard InChI is InChI=1S/C14H21N3O3/c1-10-3-2-6-15-13(10)17-14(19)16-7-12(18)9-20-8-11-4-5-11/h2-3,6,11-12,18H,4-5,7-9H2,1H3,(H2,15,16,17,19)/t12-/m0/s1. The Morgan fingerprint density at radius 1 is 1.60 bits per heavy atom. The summed E-state index contributed by atoms with van der Waals surface area (Å²) >= 11 is 0. The zero-order valence-electron chi connectivity index (χ0n) is 11.6. The normalized spacial score (nSPS) is 15.7. The van der Waals surface area contributed by atoms with Crippen molar-refractivity contribution in [1.29, 1.82) is 0 Å². The Labute approximate surface area is 118 Å². The average Bonchev–Trinajstić information content (AvgIpc) is 3.23. The van der Waals surface area contributed by atoms with Crippen LogP contribution in [0.5, 0.6) is 0 Å². The van der Waals surface area contributed by atoms with Crippen LogP contribution in [0.3, 0.4) is 0 Å². The van der Waals surface area contributed by atoms with Crippen LogP contribution >= 0.6 is 0 Å². The predicted molar refractivity (Wildman–Crippen MR) is 75.5 cm³/mol. The molecule has 0 bridgehead atoms. The number of amides is 2. The van der Waals surface area contributed by atoms with Crippen LogP contribution in [-0.2, 0) is 4.74 Å². The van der Waals surface area contributed by atoms with E-state index in [0.717, 1.165) is 5.56 Å². The van der Waals surface area contributed by atoms with Gasteiger partial charge in [-0.1, -0.05) is 6.07 Å². The van der Waals surface area contributed by atoms with Crippen LogP contribution in [0.25, 0.3) is 0 Å². The molecule has 110 valence electrons. The van der Waals surface area contributed by atoms with Gasteiger partial charge in [0.2, 0.25) is 0 Å². The molecule has 0 aliphatic heterocycles. The third-order valence-electron chi connectivity index (χ3n) is 3.10. The number of pyridine rings is 1. The van der Waals surface area contributed by atoms with Crippen molar-refractivity contribution in [2.75, 3.05) is 25.1 Å². The molecular weight excluding hydrogens is 258 g/mol. The molecule has 3 N–H and O–H groups in total. The van der Waals surface area contributed by atoms with Crippen LogP contribution in [0, 0.1) is 12.8 Å². The number of nitrogens with one attached hydrogen (secondary N) is 2. The lowest BCUT2D eigenvalue weighted by Crippen LogP contribution is -2.37. The minimum absolute atomic E-state index is 0.155. The van der Waals surface area contributed by atoms with Crippen molar-refractivity contribution in [2.45, 2.75) is 25.9 Å². The second kappa shape index (κ2) is 7.21. The fourth-order valence-corrected chi connectivity index (χ4v) is 1.69. The van der Waals surface area contributed by atoms with Crippen molar-refractivity contribution in [3.8, 4) is 0 Å². The smallest absolute Gasteiger partial charge is 0.320 e. The summed E-state index contributed by atoms with van der Waals surface area (Å²) < 4.78 is 5.35. The number of nitrogens with zero attached hydrogens (tertiary/aromatic N) is 1. The summed E-state index contributed by atoms with van der Waals surface area (Å²) in [6.07, 6.45) is 3.37. The van der Waals surface area contributed by atoms with Crippen LogP contribution in [0.2, 0.25) is 0 Å². The van der Waals surface area contributed by atoms with Crippen molar-refractivity contribution >= 4 is 11.8 Å². The molecule has 6 heteroatoms. The first kappa shape index (κ1) is 14.7. The van der Waals surface area contributed by atoms with E-state index in [1.165, 1.54) is 12.8 Å². The Bertz CT molecular complexity index is 449. The molecule has 6 nitrogen and oxygen atoms in total. The third-order valence-corrected chi connectivity index (χ3v) is 3.10. The van der Waals surface area contributed by atoms with E-state index in [-0.39, 0.29) is 19.2 Å². The SMILES string of the molecule is Cc1cccnc1NC(=O)NC[C@H](O)COCC1CC1. The monoisotopic (exact) mass is 279 g/mol. The Morgan fingerprint density at radius 2 is 2.40 bits per heavy atom. The maximum atomic E-state index is 11.6. The van der Waals surface area contributed by atoms with Crippen LogP contribution in [0.1, 0.15) is 18.4 Å². The van der Waals surface area contributed by atoms with Gasteiger partial charge in [-0.25, -0.2) is 9.78 Å². The summed E-state index contributed by atoms with van der Waals surface area (Å²) in [4.78, 5) is 15.7. The molecule has 1 aliphatic carbocycles. The molecule has 0 spiro atoms. The number of aliphatic hydroxyl groups excluding tert-OH is 1. The van der Waals surface area contributed by atoms with E-state index in [4.69, 9.17) is 4.74 Å². The second-order valence-electron chi connectivity index (χ2n) is 5.14. The average molecular weight is 279 g/mol. The minimum Gasteiger partial charge on any atom is -0.389 e. The fourth-order valence-electron chi connectivity index (χ4n) is 1.69. The molecule has 1 atom stereocenters. The van der Waals surface area contributed by atoms with Gasteiger partial charge < -0.3 is 15.2 Å². The van der Waals surface area contributed by atoms with Gasteiger partial charge in [0.15, 0.2) is 0 Å². The summed E-state index contributed by atoms with van der Waals surface area (Å²) in [7, 11) is 0. The van der Waals surface area contributed by atoms with Crippen molar-refractivity contribution in [1.82, 2.24) is 10.3 Å². The van der Waals surface area contributed by atoms with E-state index < -0.39 is 6.10 Å². The predicted octanol–water partition coefficient (Wildman–Crippen LogP) is 1.30. The highest BCUT2D eigenvalue weighted by Gasteiger charge is 2.21. The molecule has 1 aromatic rings. The first-order chi connectivity index (χ1) is 9.65. The molecule has 1 saturated carbocycles. The maximum Gasteiger partial charge on any atom is 0.320 e. The molecule has 1 heterocycles. The van der Waals surface area contributed by atoms with Crippen LogP contribution in [0.4, 0.5) is 10.6 Å². The zero-order chi connectivity index (χ0) is 14.4. The molecule has 2 amide bonds. The summed E-state index contributed by atoms with van der Waals surface area (Å²) in [5.41, 5.74) is 0.885. The van der Waals surface area contributed by atoms with Crippen molar-refractivity contribution in [2.24, 2.45) is 5.92 Å². The van der Waals surface area contributed by atoms with Crippen LogP contribution in [0.15, 0.2) is 18.3 Å². The fraction of sp³-hybridized carbons (Fsp3) is 0.571. The quantitative estimate of drug-likeness (QED) is 0.702. The largest absolute Gasteiger partial charge is 0.389 e. The maximum absolute atomic E-state index is 11.6. The molecule has 0 radical (unpaired) electrons. The second-order valence-corrected chi connectivity index (χ2v) is 5.14. The third kappa shape index (κ3) is 5.14. The Kier molecular flexibility index (Phi) is 5.31. The zero-order valence-corrected chi connectivity index (χ0v) is 11.6. The highest BCUT2D eigenvalue weighted by atomic mass is 16.5. The topological polar surface area (TPSA) is 83.5 Å². The summed E-state index contributed by atoms with van der Waals surface area (Å²) in [6, 6.07) is 3.29. The summed E-state index contributed by atoms with van der Waals surface area (Å²) in [5.74, 6) is 1.19. The van der Waals surface area contributed by atoms with E-state index in [1.54, 1.807) is 12.3 Å². The van der Waals surface area contributed by atoms with Gasteiger partial charge in [-0.3, -0.25) is 5.32 Å². The van der Waals surface area contributed by atoms with Gasteiger partial charge in [0.1, 0.15) is 5.82 Å². The van der Waals surface area contributed by atoms with Crippen molar-refractivity contribution < 1.29 is 14.6 Å². The molecule has 0 unspecified atom stereocenters. The van der Waals surface area contributed by atoms with Gasteiger partial charge in [-0.05, 0) is 37.3 Å². The van der Waals surface area contributed by atoms with E-state index in [1.807, 2.05) is 13.0 Å². The number of ether oxygens (including phenoxy) is 1. The molecule has 0 aromatic carbocycles. The molecule has 1 fully saturated rings. The number of aryl methyl sites for hydroxylation is 1. The highest BCUT2D eigenvalue weighted by Crippen LogP contribution is 2.28. The van der Waals surface area contributed by atoms with Gasteiger partial charge >= 0.3 is 6.03 Å². The Morgan fingerprint density at radius 3 is 3.10 bits per heavy atom. The van der Waals surface area contributed by atoms with Gasteiger partial charge in [-0.2, -0.15) is 0 Å². The number of hydrogen-bond acceptors (Lipinski definition) is 4. The summed E-state index contributed by atoms with van der Waals surface area (Å²) in [5, 5.41) is 14.9. The summed E-state index contributed by atoms with van der Waals surface area (Å²) in [6.45, 7) is 2.97. The van der Waals surface area contributed by atoms with Crippen LogP contribution in [-0.4, -0.2) is 42.0 Å². The van der Waals surface area contributed by atoms with Crippen LogP contribution < -0.4 is 10.6 Å². The number of carbonyl (C=O) groups excluding carboxylic acids is 1. The number of anilines is 1. The first-order valence-electron chi connectivity index (χ1n) is 6.87. The van der Waals surface area contributed by atoms with E-state index in [9.17, 15) is 9.90 Å². The van der Waals surface area contributed by atoms with E-state index in [2.05, 4.69) is 15.6 Å². The number of aliphatic hydroxyl groups is 1. The minimum atomic E-state index is -0.690. The Hall–Kier alpha value is -1.66. The number of urea groups is 1. The highest BCUT2D eigenvalue weighted by molar-refractivity contribution is 5.88. The van der Waals surface area contributed by atoms with Gasteiger partial charge in [0.05, 0.1) is 12.7 Å². The molecule has 1 aliphatic rings. The number of rotatable bonds is 7. The Balaban J connectivity index is 1.62. The number of hydrogen-bond donors (Lipinski definition) is 3. The lowest BCUT2D eigenvalue weighted by Gasteiger charge is -2.13. The van der Waals surface area contributed by atoms with Gasteiger partial charge in [0.25, 0.3) is 0 Å². The first-order valence-corrected chi connectivity index (χ1v) is 6.87. The molecule has 0 saturated heterocycles. The van der Waals surface area contributed by atoms with Gasteiger partial charge in [0, 0.05) is 19.3 Å². The number of aromatic nitrogens is 1. The van der Waals surface area contributed by atoms with Crippen molar-refractivity contribution in [3.05, 3.63) is 23.9 Å². The lowest BCUT2D eigenvalue weighted by atomic mass is 10.3. The van der Waals surface area contributed by atoms with E-state index in [0.29, 0.717) is 18.3 Å². The van der Waals surface area contributed by atoms with Gasteiger partial charge in [-0.15, -0.1) is 0 Å². The molecule has 2 rings (SSSR count).